The second-order valence-electron chi connectivity index (χ2n) is 6.56. The van der Waals surface area contributed by atoms with Crippen LogP contribution in [0.2, 0.25) is 0 Å². The molecule has 1 fully saturated rings. The van der Waals surface area contributed by atoms with Crippen LogP contribution < -0.4 is 0 Å². The summed E-state index contributed by atoms with van der Waals surface area (Å²) in [7, 11) is 0. The lowest BCUT2D eigenvalue weighted by atomic mass is 9.91. The predicted octanol–water partition coefficient (Wildman–Crippen LogP) is 3.73. The second-order valence-corrected chi connectivity index (χ2v) is 6.56. The van der Waals surface area contributed by atoms with E-state index in [0.29, 0.717) is 25.7 Å². The van der Waals surface area contributed by atoms with Gasteiger partial charge in [0.05, 0.1) is 6.10 Å². The number of carbonyl (C=O) groups is 2. The second kappa shape index (κ2) is 11.9. The highest BCUT2D eigenvalue weighted by atomic mass is 16.4. The molecule has 2 N–H and O–H groups in total. The number of hydrogen-bond donors (Lipinski definition) is 2. The summed E-state index contributed by atoms with van der Waals surface area (Å²) < 4.78 is 0. The van der Waals surface area contributed by atoms with Crippen molar-refractivity contribution in [3.63, 3.8) is 0 Å². The third-order valence-corrected chi connectivity index (χ3v) is 4.55. The Morgan fingerprint density at radius 2 is 1.92 bits per heavy atom. The highest BCUT2D eigenvalue weighted by molar-refractivity contribution is 5.89. The quantitative estimate of drug-likeness (QED) is 0.363. The van der Waals surface area contributed by atoms with E-state index in [1.165, 1.54) is 0 Å². The first kappa shape index (κ1) is 20.4. The molecule has 4 nitrogen and oxygen atoms in total. The molecule has 4 heteroatoms. The highest BCUT2D eigenvalue weighted by Gasteiger charge is 2.32. The van der Waals surface area contributed by atoms with Gasteiger partial charge in [-0.1, -0.05) is 25.8 Å². The molecule has 3 unspecified atom stereocenters. The zero-order valence-corrected chi connectivity index (χ0v) is 14.7. The number of carboxylic acids is 1. The molecule has 1 saturated carbocycles. The largest absolute Gasteiger partial charge is 0.481 e. The van der Waals surface area contributed by atoms with E-state index in [0.717, 1.165) is 32.1 Å². The number of carbonyl (C=O) groups excluding carboxylic acids is 1. The fraction of sp³-hybridized carbons (Fsp3) is 0.700. The van der Waals surface area contributed by atoms with Gasteiger partial charge >= 0.3 is 5.97 Å². The van der Waals surface area contributed by atoms with Crippen molar-refractivity contribution < 1.29 is 19.8 Å². The number of unbranched alkanes of at least 4 members (excludes halogenated alkanes) is 3. The fourth-order valence-electron chi connectivity index (χ4n) is 3.07. The average Bonchev–Trinajstić information content (AvgIpc) is 2.89. The molecule has 3 atom stereocenters. The Bertz CT molecular complexity index is 484. The van der Waals surface area contributed by atoms with Crippen molar-refractivity contribution in [1.29, 1.82) is 0 Å². The third kappa shape index (κ3) is 8.31. The Morgan fingerprint density at radius 3 is 2.62 bits per heavy atom. The molecule has 0 amide bonds. The number of carboxylic acid groups (broad SMARTS) is 1. The number of allylic oxidation sites excluding steroid dienone is 2. The summed E-state index contributed by atoms with van der Waals surface area (Å²) in [6, 6.07) is 0. The van der Waals surface area contributed by atoms with Crippen LogP contribution in [-0.4, -0.2) is 28.1 Å². The number of hydrogen-bond acceptors (Lipinski definition) is 3. The van der Waals surface area contributed by atoms with Crippen molar-refractivity contribution in [2.24, 2.45) is 11.8 Å². The molecule has 0 spiro atoms. The van der Waals surface area contributed by atoms with Crippen LogP contribution in [0.4, 0.5) is 0 Å². The first-order valence-electron chi connectivity index (χ1n) is 9.11. The molecule has 0 aromatic carbocycles. The average molecular weight is 334 g/mol. The summed E-state index contributed by atoms with van der Waals surface area (Å²) in [4.78, 5) is 22.2. The number of aliphatic carboxylic acids is 1. The summed E-state index contributed by atoms with van der Waals surface area (Å²) in [5, 5.41) is 18.7. The van der Waals surface area contributed by atoms with Crippen LogP contribution >= 0.6 is 0 Å². The summed E-state index contributed by atoms with van der Waals surface area (Å²) in [6.07, 6.45) is 10.6. The van der Waals surface area contributed by atoms with Gasteiger partial charge in [-0.15, -0.1) is 11.8 Å². The molecule has 134 valence electrons. The molecule has 0 saturated heterocycles. The van der Waals surface area contributed by atoms with Crippen molar-refractivity contribution in [3.05, 3.63) is 12.2 Å². The van der Waals surface area contributed by atoms with E-state index in [1.54, 1.807) is 6.08 Å². The molecule has 0 bridgehead atoms. The first-order valence-corrected chi connectivity index (χ1v) is 9.11. The first-order chi connectivity index (χ1) is 11.5. The van der Waals surface area contributed by atoms with Gasteiger partial charge in [0.1, 0.15) is 0 Å². The fourth-order valence-corrected chi connectivity index (χ4v) is 3.07. The molecular weight excluding hydrogens is 304 g/mol. The Hall–Kier alpha value is -1.60. The molecule has 1 rings (SSSR count). The normalized spacial score (nSPS) is 23.2. The number of ketones is 1. The number of rotatable bonds is 10. The van der Waals surface area contributed by atoms with Crippen LogP contribution in [0.25, 0.3) is 0 Å². The monoisotopic (exact) mass is 334 g/mol. The minimum atomic E-state index is -0.795. The Labute approximate surface area is 145 Å². The summed E-state index contributed by atoms with van der Waals surface area (Å²) in [5.41, 5.74) is 0. The topological polar surface area (TPSA) is 74.6 Å². The molecule has 0 aromatic rings. The highest BCUT2D eigenvalue weighted by Crippen LogP contribution is 2.35. The number of aliphatic hydroxyl groups is 1. The van der Waals surface area contributed by atoms with Crippen molar-refractivity contribution in [2.45, 2.75) is 77.2 Å². The third-order valence-electron chi connectivity index (χ3n) is 4.55. The number of aliphatic hydroxyl groups excluding tert-OH is 1. The van der Waals surface area contributed by atoms with Gasteiger partial charge in [-0.3, -0.25) is 9.59 Å². The predicted molar refractivity (Wildman–Crippen MR) is 94.4 cm³/mol. The van der Waals surface area contributed by atoms with Gasteiger partial charge in [-0.2, -0.15) is 0 Å². The molecule has 24 heavy (non-hydrogen) atoms. The maximum atomic E-state index is 11.8. The minimum Gasteiger partial charge on any atom is -0.481 e. The van der Waals surface area contributed by atoms with E-state index in [1.807, 2.05) is 6.08 Å². The van der Waals surface area contributed by atoms with Gasteiger partial charge in [0.2, 0.25) is 0 Å². The lowest BCUT2D eigenvalue weighted by Gasteiger charge is -2.16. The molecule has 1 aliphatic carbocycles. The van der Waals surface area contributed by atoms with Gasteiger partial charge < -0.3 is 10.2 Å². The molecule has 0 aromatic heterocycles. The standard InChI is InChI=1S/C20H30O4/c1-2-3-6-9-17(21)14-12-16-13-15-19(22)18(16)10-7-4-5-8-11-20(23)24/h12,14,16,18-19,22H,2-3,5-6,8-11,13,15H2,1H3,(H,23,24)/b14-12+. The zero-order valence-electron chi connectivity index (χ0n) is 14.7. The van der Waals surface area contributed by atoms with Crippen LogP contribution in [0.1, 0.15) is 71.1 Å². The van der Waals surface area contributed by atoms with Crippen molar-refractivity contribution >= 4 is 11.8 Å². The molecule has 0 aliphatic heterocycles. The van der Waals surface area contributed by atoms with Crippen LogP contribution in [0.15, 0.2) is 12.2 Å². The van der Waals surface area contributed by atoms with Gasteiger partial charge in [0.25, 0.3) is 0 Å². The van der Waals surface area contributed by atoms with E-state index in [4.69, 9.17) is 5.11 Å². The van der Waals surface area contributed by atoms with Crippen LogP contribution in [-0.2, 0) is 9.59 Å². The van der Waals surface area contributed by atoms with Gasteiger partial charge in [0.15, 0.2) is 5.78 Å². The summed E-state index contributed by atoms with van der Waals surface area (Å²) >= 11 is 0. The maximum Gasteiger partial charge on any atom is 0.303 e. The van der Waals surface area contributed by atoms with E-state index < -0.39 is 5.97 Å². The molecular formula is C20H30O4. The van der Waals surface area contributed by atoms with Crippen LogP contribution in [0.3, 0.4) is 0 Å². The van der Waals surface area contributed by atoms with Crippen LogP contribution in [0, 0.1) is 23.7 Å². The van der Waals surface area contributed by atoms with Gasteiger partial charge in [0, 0.05) is 31.6 Å². The minimum absolute atomic E-state index is 0.0802. The molecule has 1 aliphatic rings. The Morgan fingerprint density at radius 1 is 1.12 bits per heavy atom. The smallest absolute Gasteiger partial charge is 0.303 e. The van der Waals surface area contributed by atoms with E-state index in [9.17, 15) is 14.7 Å². The summed E-state index contributed by atoms with van der Waals surface area (Å²) in [6.45, 7) is 2.12. The lowest BCUT2D eigenvalue weighted by molar-refractivity contribution is -0.137. The Balaban J connectivity index is 2.40. The van der Waals surface area contributed by atoms with Gasteiger partial charge in [-0.25, -0.2) is 0 Å². The molecule has 0 heterocycles. The van der Waals surface area contributed by atoms with Crippen molar-refractivity contribution in [2.75, 3.05) is 0 Å². The van der Waals surface area contributed by atoms with E-state index in [-0.39, 0.29) is 30.1 Å². The van der Waals surface area contributed by atoms with Crippen LogP contribution in [0.5, 0.6) is 0 Å². The zero-order chi connectivity index (χ0) is 17.8. The lowest BCUT2D eigenvalue weighted by Crippen LogP contribution is -2.17. The van der Waals surface area contributed by atoms with Crippen molar-refractivity contribution in [3.8, 4) is 11.8 Å². The summed E-state index contributed by atoms with van der Waals surface area (Å²) in [5.74, 6) is 5.73. The van der Waals surface area contributed by atoms with E-state index >= 15 is 0 Å². The van der Waals surface area contributed by atoms with Crippen molar-refractivity contribution in [1.82, 2.24) is 0 Å². The molecule has 0 radical (unpaired) electrons. The SMILES string of the molecule is CCCCCC(=O)/C=C/C1CCC(O)C1CC#CCCCC(=O)O. The van der Waals surface area contributed by atoms with Gasteiger partial charge in [-0.05, 0) is 37.7 Å². The Kier molecular flexibility index (Phi) is 10.1. The van der Waals surface area contributed by atoms with E-state index in [2.05, 4.69) is 18.8 Å². The maximum absolute atomic E-state index is 11.8.